The van der Waals surface area contributed by atoms with Crippen LogP contribution >= 0.6 is 11.6 Å². The zero-order valence-corrected chi connectivity index (χ0v) is 12.3. The van der Waals surface area contributed by atoms with Crippen molar-refractivity contribution in [3.05, 3.63) is 69.2 Å². The Bertz CT molecular complexity index is 590. The number of aliphatic hydroxyl groups excluding tert-OH is 1. The van der Waals surface area contributed by atoms with Crippen molar-refractivity contribution in [3.63, 3.8) is 0 Å². The highest BCUT2D eigenvalue weighted by Gasteiger charge is 2.13. The minimum atomic E-state index is -0.513. The van der Waals surface area contributed by atoms with Crippen LogP contribution in [0.5, 0.6) is 0 Å². The molecule has 100 valence electrons. The summed E-state index contributed by atoms with van der Waals surface area (Å²) in [7, 11) is 0. The van der Waals surface area contributed by atoms with Crippen LogP contribution in [0.25, 0.3) is 0 Å². The SMILES string of the molecule is Cc1ccc(C(O)Cc2ccc(C)cc2Cl)c(C)c1. The van der Waals surface area contributed by atoms with Crippen molar-refractivity contribution in [1.82, 2.24) is 0 Å². The number of aryl methyl sites for hydroxylation is 3. The Morgan fingerprint density at radius 3 is 2.26 bits per heavy atom. The molecule has 2 heteroatoms. The lowest BCUT2D eigenvalue weighted by molar-refractivity contribution is 0.177. The molecule has 1 atom stereocenters. The molecule has 0 saturated carbocycles. The molecule has 0 spiro atoms. The first kappa shape index (κ1) is 14.1. The van der Waals surface area contributed by atoms with Crippen molar-refractivity contribution in [2.45, 2.75) is 33.3 Å². The molecule has 0 amide bonds. The molecule has 2 aromatic rings. The highest BCUT2D eigenvalue weighted by Crippen LogP contribution is 2.26. The maximum Gasteiger partial charge on any atom is 0.0833 e. The van der Waals surface area contributed by atoms with Crippen LogP contribution in [0.15, 0.2) is 36.4 Å². The molecule has 0 radical (unpaired) electrons. The second-order valence-electron chi connectivity index (χ2n) is 5.17. The molecule has 0 fully saturated rings. The Morgan fingerprint density at radius 2 is 1.63 bits per heavy atom. The largest absolute Gasteiger partial charge is 0.388 e. The summed E-state index contributed by atoms with van der Waals surface area (Å²) in [6.45, 7) is 6.10. The Labute approximate surface area is 119 Å². The molecule has 0 aliphatic rings. The number of hydrogen-bond donors (Lipinski definition) is 1. The van der Waals surface area contributed by atoms with E-state index in [9.17, 15) is 5.11 Å². The first-order valence-corrected chi connectivity index (χ1v) is 6.85. The Balaban J connectivity index is 2.23. The highest BCUT2D eigenvalue weighted by molar-refractivity contribution is 6.31. The lowest BCUT2D eigenvalue weighted by atomic mass is 9.96. The maximum absolute atomic E-state index is 10.4. The number of halogens is 1. The molecule has 0 heterocycles. The van der Waals surface area contributed by atoms with Gasteiger partial charge in [-0.2, -0.15) is 0 Å². The third-order valence-electron chi connectivity index (χ3n) is 3.41. The van der Waals surface area contributed by atoms with E-state index in [4.69, 9.17) is 11.6 Å². The predicted molar refractivity (Wildman–Crippen MR) is 80.8 cm³/mol. The van der Waals surface area contributed by atoms with Crippen molar-refractivity contribution in [1.29, 1.82) is 0 Å². The monoisotopic (exact) mass is 274 g/mol. The van der Waals surface area contributed by atoms with Gasteiger partial charge in [-0.3, -0.25) is 0 Å². The van der Waals surface area contributed by atoms with E-state index in [2.05, 4.69) is 13.0 Å². The van der Waals surface area contributed by atoms with E-state index in [1.165, 1.54) is 5.56 Å². The molecule has 1 N–H and O–H groups in total. The van der Waals surface area contributed by atoms with Crippen molar-refractivity contribution < 1.29 is 5.11 Å². The van der Waals surface area contributed by atoms with Gasteiger partial charge in [-0.05, 0) is 49.1 Å². The van der Waals surface area contributed by atoms with Gasteiger partial charge in [-0.1, -0.05) is 47.5 Å². The van der Waals surface area contributed by atoms with E-state index in [-0.39, 0.29) is 0 Å². The molecule has 1 unspecified atom stereocenters. The summed E-state index contributed by atoms with van der Waals surface area (Å²) < 4.78 is 0. The minimum Gasteiger partial charge on any atom is -0.388 e. The maximum atomic E-state index is 10.4. The fourth-order valence-electron chi connectivity index (χ4n) is 2.34. The number of benzene rings is 2. The van der Waals surface area contributed by atoms with Crippen LogP contribution in [-0.4, -0.2) is 5.11 Å². The van der Waals surface area contributed by atoms with Crippen LogP contribution in [0.1, 0.15) is 33.9 Å². The standard InChI is InChI=1S/C17H19ClO/c1-11-5-7-15(13(3)8-11)17(19)10-14-6-4-12(2)9-16(14)18/h4-9,17,19H,10H2,1-3H3. The second kappa shape index (κ2) is 5.77. The van der Waals surface area contributed by atoms with E-state index >= 15 is 0 Å². The number of rotatable bonds is 3. The van der Waals surface area contributed by atoms with Crippen LogP contribution < -0.4 is 0 Å². The van der Waals surface area contributed by atoms with Gasteiger partial charge in [0.05, 0.1) is 6.10 Å². The fourth-order valence-corrected chi connectivity index (χ4v) is 2.65. The quantitative estimate of drug-likeness (QED) is 0.871. The van der Waals surface area contributed by atoms with Crippen LogP contribution in [0.4, 0.5) is 0 Å². The summed E-state index contributed by atoms with van der Waals surface area (Å²) in [6.07, 6.45) is 0.0315. The van der Waals surface area contributed by atoms with E-state index in [1.54, 1.807) is 0 Å². The van der Waals surface area contributed by atoms with Crippen molar-refractivity contribution in [3.8, 4) is 0 Å². The predicted octanol–water partition coefficient (Wildman–Crippen LogP) is 4.54. The number of hydrogen-bond acceptors (Lipinski definition) is 1. The summed E-state index contributed by atoms with van der Waals surface area (Å²) in [5.74, 6) is 0. The van der Waals surface area contributed by atoms with Crippen molar-refractivity contribution in [2.24, 2.45) is 0 Å². The average Bonchev–Trinajstić information content (AvgIpc) is 2.32. The van der Waals surface area contributed by atoms with Crippen molar-refractivity contribution in [2.75, 3.05) is 0 Å². The van der Waals surface area contributed by atoms with Gasteiger partial charge in [-0.15, -0.1) is 0 Å². The zero-order valence-electron chi connectivity index (χ0n) is 11.6. The average molecular weight is 275 g/mol. The van der Waals surface area contributed by atoms with Gasteiger partial charge in [0.15, 0.2) is 0 Å². The third kappa shape index (κ3) is 3.37. The summed E-state index contributed by atoms with van der Waals surface area (Å²) in [4.78, 5) is 0. The molecule has 0 aromatic heterocycles. The molecule has 2 aromatic carbocycles. The molecule has 2 rings (SSSR count). The smallest absolute Gasteiger partial charge is 0.0833 e. The number of aliphatic hydroxyl groups is 1. The third-order valence-corrected chi connectivity index (χ3v) is 3.76. The minimum absolute atomic E-state index is 0.513. The Morgan fingerprint density at radius 1 is 1.00 bits per heavy atom. The van der Waals surface area contributed by atoms with Gasteiger partial charge >= 0.3 is 0 Å². The summed E-state index contributed by atoms with van der Waals surface area (Å²) >= 11 is 6.21. The van der Waals surface area contributed by atoms with Gasteiger partial charge in [0.1, 0.15) is 0 Å². The molecular weight excluding hydrogens is 256 g/mol. The summed E-state index contributed by atoms with van der Waals surface area (Å²) in [5, 5.41) is 11.1. The van der Waals surface area contributed by atoms with Crippen LogP contribution in [0.2, 0.25) is 5.02 Å². The van der Waals surface area contributed by atoms with Gasteiger partial charge in [0, 0.05) is 11.4 Å². The van der Waals surface area contributed by atoms with Gasteiger partial charge in [0.25, 0.3) is 0 Å². The first-order chi connectivity index (χ1) is 8.97. The molecule has 0 saturated heterocycles. The Kier molecular flexibility index (Phi) is 4.28. The normalized spacial score (nSPS) is 12.5. The van der Waals surface area contributed by atoms with E-state index in [0.717, 1.165) is 27.3 Å². The van der Waals surface area contributed by atoms with Crippen LogP contribution in [0, 0.1) is 20.8 Å². The molecule has 0 aliphatic heterocycles. The molecular formula is C17H19ClO. The topological polar surface area (TPSA) is 20.2 Å². The first-order valence-electron chi connectivity index (χ1n) is 6.47. The fraction of sp³-hybridized carbons (Fsp3) is 0.294. The molecule has 0 bridgehead atoms. The van der Waals surface area contributed by atoms with Crippen LogP contribution in [0.3, 0.4) is 0 Å². The van der Waals surface area contributed by atoms with Crippen molar-refractivity contribution >= 4 is 11.6 Å². The van der Waals surface area contributed by atoms with Gasteiger partial charge in [-0.25, -0.2) is 0 Å². The van der Waals surface area contributed by atoms with Crippen LogP contribution in [-0.2, 0) is 6.42 Å². The van der Waals surface area contributed by atoms with E-state index < -0.39 is 6.10 Å². The van der Waals surface area contributed by atoms with E-state index in [0.29, 0.717) is 6.42 Å². The summed E-state index contributed by atoms with van der Waals surface area (Å²) in [6, 6.07) is 12.1. The molecule has 0 aliphatic carbocycles. The lowest BCUT2D eigenvalue weighted by Gasteiger charge is -2.15. The Hall–Kier alpha value is -1.31. The van der Waals surface area contributed by atoms with E-state index in [1.807, 2.05) is 44.2 Å². The molecule has 1 nitrogen and oxygen atoms in total. The second-order valence-corrected chi connectivity index (χ2v) is 5.58. The zero-order chi connectivity index (χ0) is 14.0. The molecule has 19 heavy (non-hydrogen) atoms. The lowest BCUT2D eigenvalue weighted by Crippen LogP contribution is -2.04. The van der Waals surface area contributed by atoms with Gasteiger partial charge in [0.2, 0.25) is 0 Å². The summed E-state index contributed by atoms with van der Waals surface area (Å²) in [5.41, 5.74) is 5.43. The highest BCUT2D eigenvalue weighted by atomic mass is 35.5. The van der Waals surface area contributed by atoms with Gasteiger partial charge < -0.3 is 5.11 Å².